The lowest BCUT2D eigenvalue weighted by atomic mass is 10.2. The number of halogens is 1. The van der Waals surface area contributed by atoms with Crippen LogP contribution in [0.25, 0.3) is 0 Å². The SMILES string of the molecule is O=Cc1cc(Br)ccc1OCC(=O)N1CC(=O)Nc2ccccc21. The second kappa shape index (κ2) is 6.84. The van der Waals surface area contributed by atoms with E-state index in [4.69, 9.17) is 4.74 Å². The Morgan fingerprint density at radius 1 is 1.29 bits per heavy atom. The van der Waals surface area contributed by atoms with Crippen molar-refractivity contribution in [2.24, 2.45) is 0 Å². The Hall–Kier alpha value is -2.67. The maximum absolute atomic E-state index is 12.5. The van der Waals surface area contributed by atoms with Gasteiger partial charge >= 0.3 is 0 Å². The van der Waals surface area contributed by atoms with Gasteiger partial charge in [0.25, 0.3) is 5.91 Å². The first-order valence-corrected chi connectivity index (χ1v) is 7.94. The Kier molecular flexibility index (Phi) is 4.61. The predicted molar refractivity (Wildman–Crippen MR) is 92.4 cm³/mol. The van der Waals surface area contributed by atoms with Crippen LogP contribution >= 0.6 is 15.9 Å². The molecule has 6 nitrogen and oxygen atoms in total. The molecule has 7 heteroatoms. The summed E-state index contributed by atoms with van der Waals surface area (Å²) in [5.41, 5.74) is 1.55. The van der Waals surface area contributed by atoms with Crippen molar-refractivity contribution in [1.82, 2.24) is 0 Å². The fraction of sp³-hybridized carbons (Fsp3) is 0.118. The van der Waals surface area contributed by atoms with Crippen LogP contribution in [0.3, 0.4) is 0 Å². The van der Waals surface area contributed by atoms with Gasteiger partial charge in [-0.25, -0.2) is 0 Å². The summed E-state index contributed by atoms with van der Waals surface area (Å²) in [6, 6.07) is 12.0. The van der Waals surface area contributed by atoms with Crippen molar-refractivity contribution in [3.8, 4) is 5.75 Å². The van der Waals surface area contributed by atoms with Crippen LogP contribution in [0.2, 0.25) is 0 Å². The Morgan fingerprint density at radius 3 is 2.88 bits per heavy atom. The van der Waals surface area contributed by atoms with E-state index in [0.717, 1.165) is 4.47 Å². The van der Waals surface area contributed by atoms with Gasteiger partial charge in [0, 0.05) is 4.47 Å². The summed E-state index contributed by atoms with van der Waals surface area (Å²) in [6.45, 7) is -0.343. The van der Waals surface area contributed by atoms with Crippen LogP contribution in [0.1, 0.15) is 10.4 Å². The Labute approximate surface area is 146 Å². The highest BCUT2D eigenvalue weighted by atomic mass is 79.9. The Morgan fingerprint density at radius 2 is 2.08 bits per heavy atom. The van der Waals surface area contributed by atoms with Gasteiger partial charge in [0.05, 0.1) is 16.9 Å². The first-order chi connectivity index (χ1) is 11.6. The van der Waals surface area contributed by atoms with Gasteiger partial charge in [-0.05, 0) is 30.3 Å². The molecule has 24 heavy (non-hydrogen) atoms. The van der Waals surface area contributed by atoms with E-state index in [1.807, 2.05) is 0 Å². The largest absolute Gasteiger partial charge is 0.483 e. The van der Waals surface area contributed by atoms with Gasteiger partial charge in [-0.2, -0.15) is 0 Å². The molecule has 0 atom stereocenters. The number of carbonyl (C=O) groups excluding carboxylic acids is 3. The van der Waals surface area contributed by atoms with Crippen molar-refractivity contribution in [3.05, 3.63) is 52.5 Å². The zero-order chi connectivity index (χ0) is 17.1. The molecule has 2 amide bonds. The smallest absolute Gasteiger partial charge is 0.265 e. The zero-order valence-corrected chi connectivity index (χ0v) is 14.1. The number of benzene rings is 2. The second-order valence-corrected chi connectivity index (χ2v) is 6.05. The molecule has 0 aromatic heterocycles. The third kappa shape index (κ3) is 3.30. The van der Waals surface area contributed by atoms with Gasteiger partial charge in [-0.15, -0.1) is 0 Å². The van der Waals surface area contributed by atoms with Crippen LogP contribution in [0.4, 0.5) is 11.4 Å². The molecule has 0 radical (unpaired) electrons. The topological polar surface area (TPSA) is 75.7 Å². The van der Waals surface area contributed by atoms with E-state index in [-0.39, 0.29) is 25.0 Å². The summed E-state index contributed by atoms with van der Waals surface area (Å²) in [5, 5.41) is 2.72. The molecule has 1 heterocycles. The van der Waals surface area contributed by atoms with Gasteiger partial charge in [0.15, 0.2) is 12.9 Å². The number of hydrogen-bond donors (Lipinski definition) is 1. The van der Waals surface area contributed by atoms with Crippen molar-refractivity contribution in [1.29, 1.82) is 0 Å². The number of rotatable bonds is 4. The molecular weight excluding hydrogens is 376 g/mol. The minimum atomic E-state index is -0.364. The minimum Gasteiger partial charge on any atom is -0.483 e. The number of aldehydes is 1. The van der Waals surface area contributed by atoms with Crippen molar-refractivity contribution < 1.29 is 19.1 Å². The normalized spacial score (nSPS) is 13.0. The second-order valence-electron chi connectivity index (χ2n) is 5.13. The number of hydrogen-bond acceptors (Lipinski definition) is 4. The molecule has 0 saturated heterocycles. The molecule has 1 aliphatic rings. The molecule has 2 aromatic carbocycles. The van der Waals surface area contributed by atoms with E-state index in [1.165, 1.54) is 4.90 Å². The van der Waals surface area contributed by atoms with Crippen LogP contribution in [0.5, 0.6) is 5.75 Å². The molecule has 1 N–H and O–H groups in total. The van der Waals surface area contributed by atoms with E-state index >= 15 is 0 Å². The van der Waals surface area contributed by atoms with Crippen LogP contribution in [-0.4, -0.2) is 31.3 Å². The number of fused-ring (bicyclic) bond motifs is 1. The number of carbonyl (C=O) groups is 3. The van der Waals surface area contributed by atoms with Crippen LogP contribution in [0, 0.1) is 0 Å². The first kappa shape index (κ1) is 16.2. The summed E-state index contributed by atoms with van der Waals surface area (Å²) in [7, 11) is 0. The highest BCUT2D eigenvalue weighted by Crippen LogP contribution is 2.29. The zero-order valence-electron chi connectivity index (χ0n) is 12.5. The maximum Gasteiger partial charge on any atom is 0.265 e. The van der Waals surface area contributed by atoms with Gasteiger partial charge in [-0.3, -0.25) is 19.3 Å². The molecule has 0 fully saturated rings. The predicted octanol–water partition coefficient (Wildman–Crippen LogP) is 2.63. The minimum absolute atomic E-state index is 0.0694. The summed E-state index contributed by atoms with van der Waals surface area (Å²) < 4.78 is 6.21. The first-order valence-electron chi connectivity index (χ1n) is 7.15. The third-order valence-electron chi connectivity index (χ3n) is 3.52. The molecule has 0 bridgehead atoms. The highest BCUT2D eigenvalue weighted by molar-refractivity contribution is 9.10. The molecule has 122 valence electrons. The highest BCUT2D eigenvalue weighted by Gasteiger charge is 2.26. The van der Waals surface area contributed by atoms with Gasteiger partial charge in [-0.1, -0.05) is 28.1 Å². The molecule has 0 unspecified atom stereocenters. The summed E-state index contributed by atoms with van der Waals surface area (Å²) >= 11 is 3.27. The lowest BCUT2D eigenvalue weighted by Gasteiger charge is -2.29. The summed E-state index contributed by atoms with van der Waals surface area (Å²) in [6.07, 6.45) is 0.661. The van der Waals surface area contributed by atoms with Crippen LogP contribution in [-0.2, 0) is 9.59 Å². The average Bonchev–Trinajstić information content (AvgIpc) is 2.59. The van der Waals surface area contributed by atoms with E-state index in [2.05, 4.69) is 21.2 Å². The molecule has 3 rings (SSSR count). The van der Waals surface area contributed by atoms with Crippen LogP contribution in [0.15, 0.2) is 46.9 Å². The van der Waals surface area contributed by atoms with Gasteiger partial charge < -0.3 is 10.1 Å². The molecule has 1 aliphatic heterocycles. The fourth-order valence-electron chi connectivity index (χ4n) is 2.42. The molecule has 0 aliphatic carbocycles. The standard InChI is InChI=1S/C17H13BrN2O4/c18-12-5-6-15(11(7-12)9-21)24-10-17(23)20-8-16(22)19-13-3-1-2-4-14(13)20/h1-7,9H,8,10H2,(H,19,22). The Bertz CT molecular complexity index is 822. The Balaban J connectivity index is 1.76. The van der Waals surface area contributed by atoms with E-state index in [1.54, 1.807) is 42.5 Å². The lowest BCUT2D eigenvalue weighted by Crippen LogP contribution is -2.44. The van der Waals surface area contributed by atoms with Crippen molar-refractivity contribution >= 4 is 45.4 Å². The summed E-state index contributed by atoms with van der Waals surface area (Å²) in [4.78, 5) is 36.7. The van der Waals surface area contributed by atoms with E-state index in [9.17, 15) is 14.4 Å². The number of para-hydroxylation sites is 2. The quantitative estimate of drug-likeness (QED) is 0.816. The molecular formula is C17H13BrN2O4. The number of nitrogens with one attached hydrogen (secondary N) is 1. The number of ether oxygens (including phenoxy) is 1. The average molecular weight is 389 g/mol. The van der Waals surface area contributed by atoms with Gasteiger partial charge in [0.2, 0.25) is 5.91 Å². The maximum atomic E-state index is 12.5. The monoisotopic (exact) mass is 388 g/mol. The summed E-state index contributed by atoms with van der Waals surface area (Å²) in [5.74, 6) is -0.312. The molecule has 0 saturated carbocycles. The van der Waals surface area contributed by atoms with E-state index < -0.39 is 0 Å². The van der Waals surface area contributed by atoms with E-state index in [0.29, 0.717) is 29.0 Å². The van der Waals surface area contributed by atoms with Gasteiger partial charge in [0.1, 0.15) is 12.3 Å². The van der Waals surface area contributed by atoms with Crippen LogP contribution < -0.4 is 15.0 Å². The molecule has 2 aromatic rings. The van der Waals surface area contributed by atoms with Crippen molar-refractivity contribution in [2.45, 2.75) is 0 Å². The molecule has 0 spiro atoms. The number of amides is 2. The van der Waals surface area contributed by atoms with Crippen molar-refractivity contribution in [3.63, 3.8) is 0 Å². The number of anilines is 2. The lowest BCUT2D eigenvalue weighted by molar-refractivity contribution is -0.123. The third-order valence-corrected chi connectivity index (χ3v) is 4.01. The number of nitrogens with zero attached hydrogens (tertiary/aromatic N) is 1. The fourth-order valence-corrected chi connectivity index (χ4v) is 2.79. The van der Waals surface area contributed by atoms with Crippen molar-refractivity contribution in [2.75, 3.05) is 23.4 Å².